The van der Waals surface area contributed by atoms with Crippen molar-refractivity contribution in [2.45, 2.75) is 92.1 Å². The lowest BCUT2D eigenvalue weighted by atomic mass is 9.94. The van der Waals surface area contributed by atoms with Crippen molar-refractivity contribution in [1.29, 1.82) is 0 Å². The fraction of sp³-hybridized carbons (Fsp3) is 0.500. The summed E-state index contributed by atoms with van der Waals surface area (Å²) in [5.74, 6) is -0.778. The Bertz CT molecular complexity index is 1050. The van der Waals surface area contributed by atoms with Gasteiger partial charge in [-0.3, -0.25) is 9.59 Å². The van der Waals surface area contributed by atoms with Gasteiger partial charge in [0.05, 0.1) is 0 Å². The number of amides is 3. The summed E-state index contributed by atoms with van der Waals surface area (Å²) in [6.07, 6.45) is 0.00322. The van der Waals surface area contributed by atoms with Gasteiger partial charge >= 0.3 is 6.09 Å². The topological polar surface area (TPSA) is 87.7 Å². The molecule has 0 radical (unpaired) electrons. The molecule has 3 unspecified atom stereocenters. The Balaban J connectivity index is 2.46. The van der Waals surface area contributed by atoms with Crippen LogP contribution < -0.4 is 10.6 Å². The molecule has 0 saturated heterocycles. The summed E-state index contributed by atoms with van der Waals surface area (Å²) in [7, 11) is 0. The molecule has 0 aliphatic rings. The van der Waals surface area contributed by atoms with Crippen molar-refractivity contribution in [2.24, 2.45) is 5.92 Å². The Labute approximate surface area is 222 Å². The molecule has 3 amide bonds. The summed E-state index contributed by atoms with van der Waals surface area (Å²) in [4.78, 5) is 42.1. The zero-order chi connectivity index (χ0) is 27.8. The number of carbonyl (C=O) groups excluding carboxylic acids is 3. The minimum atomic E-state index is -0.872. The largest absolute Gasteiger partial charge is 0.444 e. The third-order valence-corrected chi connectivity index (χ3v) is 6.16. The molecule has 0 aromatic heterocycles. The second-order valence-corrected chi connectivity index (χ2v) is 10.9. The maximum Gasteiger partial charge on any atom is 0.408 e. The van der Waals surface area contributed by atoms with E-state index in [1.807, 2.05) is 89.2 Å². The summed E-state index contributed by atoms with van der Waals surface area (Å²) in [5.41, 5.74) is 1.96. The van der Waals surface area contributed by atoms with Gasteiger partial charge in [-0.2, -0.15) is 0 Å². The van der Waals surface area contributed by atoms with Gasteiger partial charge in [0.15, 0.2) is 0 Å². The van der Waals surface area contributed by atoms with Gasteiger partial charge in [-0.15, -0.1) is 0 Å². The van der Waals surface area contributed by atoms with Crippen molar-refractivity contribution < 1.29 is 19.1 Å². The van der Waals surface area contributed by atoms with E-state index in [1.54, 1.807) is 25.7 Å². The number of hydrogen-bond acceptors (Lipinski definition) is 4. The van der Waals surface area contributed by atoms with E-state index in [1.165, 1.54) is 0 Å². The number of rotatable bonds is 10. The number of aryl methyl sites for hydroxylation is 1. The minimum absolute atomic E-state index is 0.174. The summed E-state index contributed by atoms with van der Waals surface area (Å²) in [5, 5.41) is 5.81. The first-order valence-corrected chi connectivity index (χ1v) is 13.0. The van der Waals surface area contributed by atoms with Gasteiger partial charge in [0, 0.05) is 12.6 Å². The molecule has 7 nitrogen and oxygen atoms in total. The molecule has 0 aliphatic heterocycles. The predicted molar refractivity (Wildman–Crippen MR) is 147 cm³/mol. The van der Waals surface area contributed by atoms with Gasteiger partial charge in [-0.1, -0.05) is 80.4 Å². The lowest BCUT2D eigenvalue weighted by Gasteiger charge is -2.38. The van der Waals surface area contributed by atoms with E-state index < -0.39 is 23.8 Å². The van der Waals surface area contributed by atoms with E-state index in [4.69, 9.17) is 4.74 Å². The first-order valence-electron chi connectivity index (χ1n) is 13.0. The van der Waals surface area contributed by atoms with Crippen LogP contribution >= 0.6 is 0 Å². The number of ether oxygens (including phenoxy) is 1. The van der Waals surface area contributed by atoms with Crippen molar-refractivity contribution in [2.75, 3.05) is 0 Å². The molecule has 202 valence electrons. The Kier molecular flexibility index (Phi) is 10.7. The molecule has 0 bridgehead atoms. The highest BCUT2D eigenvalue weighted by Crippen LogP contribution is 2.27. The highest BCUT2D eigenvalue weighted by atomic mass is 16.6. The Hall–Kier alpha value is -3.35. The summed E-state index contributed by atoms with van der Waals surface area (Å²) >= 11 is 0. The first kappa shape index (κ1) is 29.9. The second kappa shape index (κ2) is 13.3. The molecule has 0 spiro atoms. The molecular formula is C30H43N3O4. The monoisotopic (exact) mass is 509 g/mol. The summed E-state index contributed by atoms with van der Waals surface area (Å²) < 4.78 is 5.45. The van der Waals surface area contributed by atoms with Crippen LogP contribution in [-0.4, -0.2) is 40.5 Å². The van der Waals surface area contributed by atoms with Gasteiger partial charge in [-0.05, 0) is 58.6 Å². The van der Waals surface area contributed by atoms with E-state index in [2.05, 4.69) is 10.6 Å². The molecular weight excluding hydrogens is 466 g/mol. The quantitative estimate of drug-likeness (QED) is 0.441. The lowest BCUT2D eigenvalue weighted by Crippen LogP contribution is -2.56. The molecule has 3 atom stereocenters. The third-order valence-electron chi connectivity index (χ3n) is 6.16. The molecule has 0 fully saturated rings. The Morgan fingerprint density at radius 2 is 1.62 bits per heavy atom. The van der Waals surface area contributed by atoms with Gasteiger partial charge in [0.1, 0.15) is 17.7 Å². The maximum atomic E-state index is 14.1. The maximum absolute atomic E-state index is 14.1. The Morgan fingerprint density at radius 3 is 2.16 bits per heavy atom. The number of carbonyl (C=O) groups is 3. The molecule has 0 saturated carbocycles. The molecule has 2 rings (SSSR count). The average Bonchev–Trinajstić information content (AvgIpc) is 2.82. The van der Waals surface area contributed by atoms with Gasteiger partial charge in [0.2, 0.25) is 11.8 Å². The van der Waals surface area contributed by atoms with Crippen LogP contribution in [0.1, 0.15) is 77.6 Å². The zero-order valence-electron chi connectivity index (χ0n) is 23.5. The highest BCUT2D eigenvalue weighted by molar-refractivity contribution is 5.92. The normalized spacial score (nSPS) is 13.9. The van der Waals surface area contributed by atoms with Crippen molar-refractivity contribution in [3.8, 4) is 0 Å². The van der Waals surface area contributed by atoms with E-state index in [-0.39, 0.29) is 23.8 Å². The second-order valence-electron chi connectivity index (χ2n) is 10.9. The van der Waals surface area contributed by atoms with Crippen molar-refractivity contribution >= 4 is 17.9 Å². The van der Waals surface area contributed by atoms with Crippen LogP contribution in [-0.2, 0) is 20.9 Å². The highest BCUT2D eigenvalue weighted by Gasteiger charge is 2.39. The van der Waals surface area contributed by atoms with Gasteiger partial charge < -0.3 is 20.3 Å². The third kappa shape index (κ3) is 8.92. The standard InChI is InChI=1S/C30H43N3O4/c1-9-22(5)25(32-29(36)37-30(6,7)8)28(35)33(20(2)3)26(24-17-13-14-21(4)18-24)27(34)31-19-23-15-11-10-12-16-23/h10-18,20,22,25-26H,9,19H2,1-8H3,(H,31,34)(H,32,36). The van der Waals surface area contributed by atoms with Crippen LogP contribution in [0.25, 0.3) is 0 Å². The molecule has 2 N–H and O–H groups in total. The average molecular weight is 510 g/mol. The van der Waals surface area contributed by atoms with Crippen molar-refractivity contribution in [3.05, 3.63) is 71.3 Å². The van der Waals surface area contributed by atoms with Crippen LogP contribution in [0.4, 0.5) is 4.79 Å². The van der Waals surface area contributed by atoms with Crippen LogP contribution in [0.5, 0.6) is 0 Å². The molecule has 0 aliphatic carbocycles. The number of benzene rings is 2. The molecule has 2 aromatic carbocycles. The molecule has 7 heteroatoms. The number of hydrogen-bond donors (Lipinski definition) is 2. The van der Waals surface area contributed by atoms with Crippen LogP contribution in [0.15, 0.2) is 54.6 Å². The van der Waals surface area contributed by atoms with E-state index in [0.717, 1.165) is 11.1 Å². The van der Waals surface area contributed by atoms with Crippen LogP contribution in [0.2, 0.25) is 0 Å². The number of nitrogens with zero attached hydrogens (tertiary/aromatic N) is 1. The zero-order valence-corrected chi connectivity index (χ0v) is 23.5. The first-order chi connectivity index (χ1) is 17.3. The van der Waals surface area contributed by atoms with Gasteiger partial charge in [0.25, 0.3) is 0 Å². The summed E-state index contributed by atoms with van der Waals surface area (Å²) in [6.45, 7) is 15.3. The van der Waals surface area contributed by atoms with E-state index in [9.17, 15) is 14.4 Å². The molecule has 2 aromatic rings. The number of nitrogens with one attached hydrogen (secondary N) is 2. The predicted octanol–water partition coefficient (Wildman–Crippen LogP) is 5.53. The smallest absolute Gasteiger partial charge is 0.408 e. The van der Waals surface area contributed by atoms with Crippen LogP contribution in [0, 0.1) is 12.8 Å². The minimum Gasteiger partial charge on any atom is -0.444 e. The molecule has 0 heterocycles. The molecule has 37 heavy (non-hydrogen) atoms. The lowest BCUT2D eigenvalue weighted by molar-refractivity contribution is -0.145. The fourth-order valence-corrected chi connectivity index (χ4v) is 4.12. The number of alkyl carbamates (subject to hydrolysis) is 1. The van der Waals surface area contributed by atoms with Crippen LogP contribution in [0.3, 0.4) is 0 Å². The SMILES string of the molecule is CCC(C)C(NC(=O)OC(C)(C)C)C(=O)N(C(C)C)C(C(=O)NCc1ccccc1)c1cccc(C)c1. The van der Waals surface area contributed by atoms with Gasteiger partial charge in [-0.25, -0.2) is 4.79 Å². The van der Waals surface area contributed by atoms with Crippen molar-refractivity contribution in [3.63, 3.8) is 0 Å². The Morgan fingerprint density at radius 1 is 0.973 bits per heavy atom. The van der Waals surface area contributed by atoms with E-state index >= 15 is 0 Å². The summed E-state index contributed by atoms with van der Waals surface area (Å²) in [6, 6.07) is 15.2. The van der Waals surface area contributed by atoms with E-state index in [0.29, 0.717) is 18.5 Å². The fourth-order valence-electron chi connectivity index (χ4n) is 4.12. The van der Waals surface area contributed by atoms with Crippen molar-refractivity contribution in [1.82, 2.24) is 15.5 Å².